The highest BCUT2D eigenvalue weighted by Crippen LogP contribution is 2.38. The van der Waals surface area contributed by atoms with Crippen molar-refractivity contribution in [1.82, 2.24) is 5.32 Å². The summed E-state index contributed by atoms with van der Waals surface area (Å²) in [5, 5.41) is 3.60. The number of hydrogen-bond donors (Lipinski definition) is 1. The molecule has 0 aliphatic carbocycles. The number of aryl methyl sites for hydroxylation is 2. The van der Waals surface area contributed by atoms with Gasteiger partial charge in [0.25, 0.3) is 0 Å². The van der Waals surface area contributed by atoms with Gasteiger partial charge in [-0.3, -0.25) is 0 Å². The lowest BCUT2D eigenvalue weighted by molar-refractivity contribution is 0.409. The minimum Gasteiger partial charge on any atom is -0.311 e. The van der Waals surface area contributed by atoms with Crippen LogP contribution in [0.4, 0.5) is 0 Å². The van der Waals surface area contributed by atoms with Crippen molar-refractivity contribution in [1.29, 1.82) is 0 Å². The summed E-state index contributed by atoms with van der Waals surface area (Å²) in [5.41, 5.74) is 4.69. The Morgan fingerprint density at radius 3 is 2.27 bits per heavy atom. The highest BCUT2D eigenvalue weighted by molar-refractivity contribution is 5.39. The molecule has 1 fully saturated rings. The van der Waals surface area contributed by atoms with Gasteiger partial charge in [0.2, 0.25) is 0 Å². The molecule has 0 bridgehead atoms. The Labute approximate surface area is 92.9 Å². The minimum absolute atomic E-state index is 0.247. The van der Waals surface area contributed by atoms with E-state index in [0.717, 1.165) is 6.54 Å². The third-order valence-corrected chi connectivity index (χ3v) is 3.78. The molecule has 0 saturated carbocycles. The van der Waals surface area contributed by atoms with Gasteiger partial charge in [-0.15, -0.1) is 0 Å². The van der Waals surface area contributed by atoms with Crippen molar-refractivity contribution in [3.8, 4) is 0 Å². The lowest BCUT2D eigenvalue weighted by atomic mass is 9.79. The van der Waals surface area contributed by atoms with E-state index in [1.165, 1.54) is 17.5 Å². The quantitative estimate of drug-likeness (QED) is 0.739. The van der Waals surface area contributed by atoms with Crippen molar-refractivity contribution in [3.05, 3.63) is 34.9 Å². The maximum absolute atomic E-state index is 3.60. The molecule has 0 amide bonds. The first-order chi connectivity index (χ1) is 7.02. The summed E-state index contributed by atoms with van der Waals surface area (Å²) >= 11 is 0. The van der Waals surface area contributed by atoms with Crippen LogP contribution in [0.25, 0.3) is 0 Å². The van der Waals surface area contributed by atoms with Gasteiger partial charge in [-0.25, -0.2) is 0 Å². The van der Waals surface area contributed by atoms with Gasteiger partial charge < -0.3 is 5.32 Å². The molecule has 82 valence electrons. The van der Waals surface area contributed by atoms with Crippen LogP contribution >= 0.6 is 0 Å². The number of rotatable bonds is 1. The van der Waals surface area contributed by atoms with E-state index in [0.29, 0.717) is 5.92 Å². The van der Waals surface area contributed by atoms with Crippen molar-refractivity contribution in [2.24, 2.45) is 0 Å². The second-order valence-corrected chi connectivity index (χ2v) is 5.30. The molecule has 1 unspecified atom stereocenters. The Bertz CT molecular complexity index is 345. The summed E-state index contributed by atoms with van der Waals surface area (Å²) in [5.74, 6) is 0.665. The lowest BCUT2D eigenvalue weighted by Crippen LogP contribution is -2.37. The lowest BCUT2D eigenvalue weighted by Gasteiger charge is -2.30. The Morgan fingerprint density at radius 1 is 1.20 bits per heavy atom. The normalized spacial score (nSPS) is 24.4. The van der Waals surface area contributed by atoms with Crippen molar-refractivity contribution in [2.45, 2.75) is 45.6 Å². The standard InChI is InChI=1S/C14H21N/c1-10-6-5-7-11(2)13(10)12-8-9-15-14(12,3)4/h5-7,12,15H,8-9H2,1-4H3. The zero-order valence-electron chi connectivity index (χ0n) is 10.2. The predicted molar refractivity (Wildman–Crippen MR) is 65.4 cm³/mol. The molecule has 1 nitrogen and oxygen atoms in total. The van der Waals surface area contributed by atoms with Crippen LogP contribution in [0.2, 0.25) is 0 Å². The molecule has 1 N–H and O–H groups in total. The van der Waals surface area contributed by atoms with Crippen molar-refractivity contribution in [3.63, 3.8) is 0 Å². The monoisotopic (exact) mass is 203 g/mol. The minimum atomic E-state index is 0.247. The van der Waals surface area contributed by atoms with Crippen LogP contribution in [0.3, 0.4) is 0 Å². The molecule has 1 aliphatic rings. The number of benzene rings is 1. The van der Waals surface area contributed by atoms with E-state index in [1.807, 2.05) is 0 Å². The Hall–Kier alpha value is -0.820. The fourth-order valence-electron chi connectivity index (χ4n) is 2.90. The first-order valence-corrected chi connectivity index (χ1v) is 5.83. The van der Waals surface area contributed by atoms with Crippen LogP contribution in [0.5, 0.6) is 0 Å². The molecule has 1 heteroatoms. The second-order valence-electron chi connectivity index (χ2n) is 5.30. The summed E-state index contributed by atoms with van der Waals surface area (Å²) in [7, 11) is 0. The third-order valence-electron chi connectivity index (χ3n) is 3.78. The van der Waals surface area contributed by atoms with E-state index < -0.39 is 0 Å². The molecule has 1 aromatic carbocycles. The maximum Gasteiger partial charge on any atom is 0.0194 e. The first-order valence-electron chi connectivity index (χ1n) is 5.83. The third kappa shape index (κ3) is 1.81. The molecule has 1 atom stereocenters. The van der Waals surface area contributed by atoms with Gasteiger partial charge in [-0.1, -0.05) is 18.2 Å². The smallest absolute Gasteiger partial charge is 0.0194 e. The van der Waals surface area contributed by atoms with Gasteiger partial charge in [0, 0.05) is 11.5 Å². The van der Waals surface area contributed by atoms with Crippen LogP contribution < -0.4 is 5.32 Å². The molecule has 15 heavy (non-hydrogen) atoms. The summed E-state index contributed by atoms with van der Waals surface area (Å²) in [6.07, 6.45) is 1.26. The molecule has 1 aliphatic heterocycles. The fraction of sp³-hybridized carbons (Fsp3) is 0.571. The Morgan fingerprint density at radius 2 is 1.80 bits per heavy atom. The van der Waals surface area contributed by atoms with Gasteiger partial charge in [-0.05, 0) is 57.4 Å². The van der Waals surface area contributed by atoms with Gasteiger partial charge >= 0.3 is 0 Å². The Kier molecular flexibility index (Phi) is 2.59. The second kappa shape index (κ2) is 3.64. The molecular weight excluding hydrogens is 182 g/mol. The van der Waals surface area contributed by atoms with E-state index in [4.69, 9.17) is 0 Å². The zero-order valence-corrected chi connectivity index (χ0v) is 10.2. The molecule has 2 rings (SSSR count). The van der Waals surface area contributed by atoms with Crippen LogP contribution in [-0.4, -0.2) is 12.1 Å². The number of nitrogens with one attached hydrogen (secondary N) is 1. The molecule has 1 saturated heterocycles. The van der Waals surface area contributed by atoms with Gasteiger partial charge in [0.15, 0.2) is 0 Å². The van der Waals surface area contributed by atoms with Gasteiger partial charge in [0.1, 0.15) is 0 Å². The fourth-order valence-corrected chi connectivity index (χ4v) is 2.90. The van der Waals surface area contributed by atoms with Crippen molar-refractivity contribution in [2.75, 3.05) is 6.54 Å². The Balaban J connectivity index is 2.45. The maximum atomic E-state index is 3.60. The number of hydrogen-bond acceptors (Lipinski definition) is 1. The van der Waals surface area contributed by atoms with Crippen LogP contribution in [0.1, 0.15) is 42.9 Å². The average molecular weight is 203 g/mol. The van der Waals surface area contributed by atoms with Crippen molar-refractivity contribution >= 4 is 0 Å². The molecule has 0 spiro atoms. The van der Waals surface area contributed by atoms with E-state index in [9.17, 15) is 0 Å². The summed E-state index contributed by atoms with van der Waals surface area (Å²) < 4.78 is 0. The van der Waals surface area contributed by atoms with Crippen LogP contribution in [0, 0.1) is 13.8 Å². The topological polar surface area (TPSA) is 12.0 Å². The van der Waals surface area contributed by atoms with E-state index in [-0.39, 0.29) is 5.54 Å². The predicted octanol–water partition coefficient (Wildman–Crippen LogP) is 3.16. The van der Waals surface area contributed by atoms with Gasteiger partial charge in [0.05, 0.1) is 0 Å². The molecular formula is C14H21N. The zero-order chi connectivity index (χ0) is 11.1. The van der Waals surface area contributed by atoms with E-state index in [2.05, 4.69) is 51.2 Å². The summed E-state index contributed by atoms with van der Waals surface area (Å²) in [6.45, 7) is 10.2. The molecule has 1 heterocycles. The van der Waals surface area contributed by atoms with Crippen molar-refractivity contribution < 1.29 is 0 Å². The highest BCUT2D eigenvalue weighted by Gasteiger charge is 2.36. The molecule has 1 aromatic rings. The SMILES string of the molecule is Cc1cccc(C)c1C1CCNC1(C)C. The molecule has 0 aromatic heterocycles. The average Bonchev–Trinajstić information content (AvgIpc) is 2.46. The van der Waals surface area contributed by atoms with E-state index in [1.54, 1.807) is 5.56 Å². The van der Waals surface area contributed by atoms with Crippen LogP contribution in [0.15, 0.2) is 18.2 Å². The highest BCUT2D eigenvalue weighted by atomic mass is 15.0. The largest absolute Gasteiger partial charge is 0.311 e. The van der Waals surface area contributed by atoms with Crippen LogP contribution in [-0.2, 0) is 0 Å². The molecule has 0 radical (unpaired) electrons. The summed E-state index contributed by atoms with van der Waals surface area (Å²) in [4.78, 5) is 0. The van der Waals surface area contributed by atoms with Gasteiger partial charge in [-0.2, -0.15) is 0 Å². The first kappa shape index (κ1) is 10.7. The summed E-state index contributed by atoms with van der Waals surface area (Å²) in [6, 6.07) is 6.62. The van der Waals surface area contributed by atoms with E-state index >= 15 is 0 Å².